The fourth-order valence-electron chi connectivity index (χ4n) is 11.2. The zero-order chi connectivity index (χ0) is 27.4. The van der Waals surface area contributed by atoms with Crippen LogP contribution in [0.4, 0.5) is 0 Å². The van der Waals surface area contributed by atoms with Gasteiger partial charge in [0.25, 0.3) is 0 Å². The molecule has 5 rings (SSSR count). The van der Waals surface area contributed by atoms with Crippen LogP contribution in [0, 0.1) is 50.2 Å². The predicted molar refractivity (Wildman–Crippen MR) is 138 cm³/mol. The van der Waals surface area contributed by atoms with Gasteiger partial charge in [-0.1, -0.05) is 40.7 Å². The molecule has 0 aromatic heterocycles. The second-order valence-electron chi connectivity index (χ2n) is 15.1. The fraction of sp³-hybridized carbons (Fsp3) is 0.900. The van der Waals surface area contributed by atoms with E-state index in [-0.39, 0.29) is 41.3 Å². The summed E-state index contributed by atoms with van der Waals surface area (Å²) in [4.78, 5) is 12.1. The molecule has 37 heavy (non-hydrogen) atoms. The zero-order valence-electron chi connectivity index (χ0n) is 23.2. The van der Waals surface area contributed by atoms with Gasteiger partial charge in [-0.3, -0.25) is 4.79 Å². The largest absolute Gasteiger partial charge is 0.481 e. The highest BCUT2D eigenvalue weighted by Gasteiger charge is 2.71. The van der Waals surface area contributed by atoms with Crippen LogP contribution in [-0.4, -0.2) is 68.1 Å². The van der Waals surface area contributed by atoms with Crippen molar-refractivity contribution in [2.45, 2.75) is 104 Å². The second kappa shape index (κ2) is 8.26. The first-order chi connectivity index (χ1) is 17.1. The average Bonchev–Trinajstić information content (AvgIpc) is 3.11. The zero-order valence-corrected chi connectivity index (χ0v) is 23.2. The Morgan fingerprint density at radius 1 is 0.946 bits per heavy atom. The van der Waals surface area contributed by atoms with Crippen LogP contribution in [0.3, 0.4) is 0 Å². The highest BCUT2D eigenvalue weighted by molar-refractivity contribution is 5.71. The van der Waals surface area contributed by atoms with Crippen molar-refractivity contribution in [1.82, 2.24) is 0 Å². The smallest absolute Gasteiger partial charge is 0.307 e. The minimum absolute atomic E-state index is 0.128. The third-order valence-electron chi connectivity index (χ3n) is 13.3. The number of aliphatic carboxylic acids is 1. The van der Waals surface area contributed by atoms with Crippen LogP contribution in [-0.2, 0) is 4.79 Å². The molecule has 1 spiro atoms. The average molecular weight is 521 g/mol. The number of carbonyl (C=O) groups is 1. The monoisotopic (exact) mass is 520 g/mol. The van der Waals surface area contributed by atoms with E-state index in [1.807, 2.05) is 13.8 Å². The SMILES string of the molecule is CC1(C)C[C@@]2(CC[C@]3(C)C(=CCC4[C@@]5(C)C[C@@H](O)[C@@H](O)C(CO)(CO)C5CC[C@]43C)[C@H]2O)CC1C(=O)O. The van der Waals surface area contributed by atoms with Crippen molar-refractivity contribution in [2.75, 3.05) is 13.2 Å². The van der Waals surface area contributed by atoms with Crippen LogP contribution in [0.15, 0.2) is 11.6 Å². The lowest BCUT2D eigenvalue weighted by Crippen LogP contribution is -2.69. The van der Waals surface area contributed by atoms with Gasteiger partial charge in [0.15, 0.2) is 0 Å². The van der Waals surface area contributed by atoms with E-state index in [2.05, 4.69) is 26.8 Å². The standard InChI is InChI=1S/C30H48O7/c1-25(2)14-29(12-18(25)24(36)37)11-10-27(4)17(22(29)34)6-7-20-26(3)13-19(33)23(35)30(15-31,16-32)21(26)8-9-28(20,27)5/h6,18-23,31-35H,7-16H2,1-5H3,(H,36,37)/t18?,19-,20?,21?,22-,23-,26-,27-,28-,29-/m1/s1. The number of allylic oxidation sites excluding steroid dienone is 1. The van der Waals surface area contributed by atoms with E-state index in [9.17, 15) is 35.4 Å². The van der Waals surface area contributed by atoms with Gasteiger partial charge in [-0.2, -0.15) is 0 Å². The van der Waals surface area contributed by atoms with Gasteiger partial charge in [-0.25, -0.2) is 0 Å². The highest BCUT2D eigenvalue weighted by Crippen LogP contribution is 2.75. The molecule has 0 bridgehead atoms. The first-order valence-corrected chi connectivity index (χ1v) is 14.3. The van der Waals surface area contributed by atoms with Gasteiger partial charge >= 0.3 is 5.97 Å². The van der Waals surface area contributed by atoms with E-state index in [1.54, 1.807) is 0 Å². The number of carboxylic acid groups (broad SMARTS) is 1. The molecule has 0 heterocycles. The molecule has 5 aliphatic carbocycles. The van der Waals surface area contributed by atoms with Gasteiger partial charge in [0.1, 0.15) is 0 Å². The third-order valence-corrected chi connectivity index (χ3v) is 13.3. The maximum atomic E-state index is 12.1. The number of carboxylic acids is 1. The number of hydrogen-bond acceptors (Lipinski definition) is 6. The molecular weight excluding hydrogens is 472 g/mol. The Labute approximate surface area is 221 Å². The minimum Gasteiger partial charge on any atom is -0.481 e. The topological polar surface area (TPSA) is 138 Å². The molecule has 7 heteroatoms. The van der Waals surface area contributed by atoms with Crippen molar-refractivity contribution >= 4 is 5.97 Å². The Hall–Kier alpha value is -0.990. The maximum Gasteiger partial charge on any atom is 0.307 e. The molecular formula is C30H48O7. The molecule has 3 unspecified atom stereocenters. The van der Waals surface area contributed by atoms with Crippen LogP contribution >= 0.6 is 0 Å². The minimum atomic E-state index is -1.17. The van der Waals surface area contributed by atoms with E-state index >= 15 is 0 Å². The number of fused-ring (bicyclic) bond motifs is 5. The van der Waals surface area contributed by atoms with Crippen LogP contribution in [0.2, 0.25) is 0 Å². The predicted octanol–water partition coefficient (Wildman–Crippen LogP) is 3.12. The summed E-state index contributed by atoms with van der Waals surface area (Å²) in [5.74, 6) is -1.21. The summed E-state index contributed by atoms with van der Waals surface area (Å²) < 4.78 is 0. The van der Waals surface area contributed by atoms with Gasteiger partial charge in [0.2, 0.25) is 0 Å². The first kappa shape index (κ1) is 27.6. The van der Waals surface area contributed by atoms with E-state index in [0.29, 0.717) is 19.3 Å². The normalized spacial score (nSPS) is 52.1. The Kier molecular flexibility index (Phi) is 6.16. The molecule has 4 fully saturated rings. The molecule has 6 N–H and O–H groups in total. The summed E-state index contributed by atoms with van der Waals surface area (Å²) in [6, 6.07) is 0. The molecule has 0 aliphatic heterocycles. The van der Waals surface area contributed by atoms with Crippen LogP contribution < -0.4 is 0 Å². The van der Waals surface area contributed by atoms with E-state index in [4.69, 9.17) is 0 Å². The van der Waals surface area contributed by atoms with Gasteiger partial charge in [-0.05, 0) is 90.4 Å². The summed E-state index contributed by atoms with van der Waals surface area (Å²) in [6.45, 7) is 10.1. The fourth-order valence-corrected chi connectivity index (χ4v) is 11.2. The summed E-state index contributed by atoms with van der Waals surface area (Å²) >= 11 is 0. The second-order valence-corrected chi connectivity index (χ2v) is 15.1. The van der Waals surface area contributed by atoms with Gasteiger partial charge < -0.3 is 30.6 Å². The molecule has 0 aromatic carbocycles. The molecule has 0 aromatic rings. The summed E-state index contributed by atoms with van der Waals surface area (Å²) in [5.41, 5.74) is -1.72. The quantitative estimate of drug-likeness (QED) is 0.314. The van der Waals surface area contributed by atoms with Crippen molar-refractivity contribution in [2.24, 2.45) is 50.2 Å². The van der Waals surface area contributed by atoms with Crippen molar-refractivity contribution < 1.29 is 35.4 Å². The highest BCUT2D eigenvalue weighted by atomic mass is 16.4. The van der Waals surface area contributed by atoms with Gasteiger partial charge in [0, 0.05) is 10.8 Å². The van der Waals surface area contributed by atoms with Crippen molar-refractivity contribution in [3.05, 3.63) is 11.6 Å². The molecule has 0 radical (unpaired) electrons. The van der Waals surface area contributed by atoms with E-state index in [0.717, 1.165) is 37.7 Å². The molecule has 0 saturated heterocycles. The lowest BCUT2D eigenvalue weighted by molar-refractivity contribution is -0.257. The van der Waals surface area contributed by atoms with Crippen molar-refractivity contribution in [1.29, 1.82) is 0 Å². The number of aliphatic hydroxyl groups excluding tert-OH is 5. The van der Waals surface area contributed by atoms with Crippen LogP contribution in [0.25, 0.3) is 0 Å². The lowest BCUT2D eigenvalue weighted by atomic mass is 9.34. The summed E-state index contributed by atoms with van der Waals surface area (Å²) in [6.07, 6.45) is 4.94. The Balaban J connectivity index is 1.55. The van der Waals surface area contributed by atoms with Gasteiger partial charge in [-0.15, -0.1) is 0 Å². The van der Waals surface area contributed by atoms with E-state index < -0.39 is 46.4 Å². The van der Waals surface area contributed by atoms with Crippen LogP contribution in [0.1, 0.15) is 86.0 Å². The Morgan fingerprint density at radius 2 is 1.59 bits per heavy atom. The Bertz CT molecular complexity index is 986. The maximum absolute atomic E-state index is 12.1. The summed E-state index contributed by atoms with van der Waals surface area (Å²) in [7, 11) is 0. The van der Waals surface area contributed by atoms with E-state index in [1.165, 1.54) is 0 Å². The molecule has 7 nitrogen and oxygen atoms in total. The van der Waals surface area contributed by atoms with Crippen molar-refractivity contribution in [3.8, 4) is 0 Å². The first-order valence-electron chi connectivity index (χ1n) is 14.3. The molecule has 0 amide bonds. The number of rotatable bonds is 3. The molecule has 4 saturated carbocycles. The number of aliphatic hydroxyl groups is 5. The molecule has 5 aliphatic rings. The van der Waals surface area contributed by atoms with Gasteiger partial charge in [0.05, 0.1) is 37.4 Å². The summed E-state index contributed by atoms with van der Waals surface area (Å²) in [5, 5.41) is 64.7. The van der Waals surface area contributed by atoms with Crippen LogP contribution in [0.5, 0.6) is 0 Å². The molecule has 210 valence electrons. The van der Waals surface area contributed by atoms with Crippen molar-refractivity contribution in [3.63, 3.8) is 0 Å². The number of hydrogen-bond donors (Lipinski definition) is 6. The Morgan fingerprint density at radius 3 is 2.16 bits per heavy atom. The lowest BCUT2D eigenvalue weighted by Gasteiger charge is -2.71. The third kappa shape index (κ3) is 3.27. The molecule has 10 atom stereocenters.